The van der Waals surface area contributed by atoms with Gasteiger partial charge in [0.1, 0.15) is 0 Å². The van der Waals surface area contributed by atoms with Gasteiger partial charge in [-0.25, -0.2) is 4.79 Å². The Morgan fingerprint density at radius 2 is 2.11 bits per heavy atom. The monoisotopic (exact) mass is 250 g/mol. The molecule has 5 nitrogen and oxygen atoms in total. The molecule has 18 heavy (non-hydrogen) atoms. The number of nitrogens with two attached hydrogens (primary N) is 1. The molecule has 0 aliphatic carbocycles. The fraction of sp³-hybridized carbons (Fsp3) is 0.385. The summed E-state index contributed by atoms with van der Waals surface area (Å²) in [7, 11) is 0. The summed E-state index contributed by atoms with van der Waals surface area (Å²) in [4.78, 5) is 22.6. The molecule has 1 rings (SSSR count). The third kappa shape index (κ3) is 3.56. The normalized spacial score (nSPS) is 13.7. The van der Waals surface area contributed by atoms with Gasteiger partial charge in [0.15, 0.2) is 0 Å². The average molecular weight is 250 g/mol. The average Bonchev–Trinajstić information content (AvgIpc) is 2.37. The Morgan fingerprint density at radius 1 is 1.44 bits per heavy atom. The highest BCUT2D eigenvalue weighted by molar-refractivity contribution is 5.96. The number of hydrogen-bond acceptors (Lipinski definition) is 3. The Hall–Kier alpha value is -1.88. The third-order valence-electron chi connectivity index (χ3n) is 2.94. The van der Waals surface area contributed by atoms with Crippen molar-refractivity contribution < 1.29 is 14.7 Å². The Bertz CT molecular complexity index is 446. The van der Waals surface area contributed by atoms with Crippen LogP contribution < -0.4 is 11.1 Å². The molecule has 0 aliphatic rings. The summed E-state index contributed by atoms with van der Waals surface area (Å²) < 4.78 is 0. The lowest BCUT2D eigenvalue weighted by atomic mass is 9.99. The SMILES string of the molecule is CCC(C)C(N)C(=O)Nc1cccc(C(=O)O)c1. The summed E-state index contributed by atoms with van der Waals surface area (Å²) >= 11 is 0. The first-order chi connectivity index (χ1) is 8.45. The highest BCUT2D eigenvalue weighted by atomic mass is 16.4. The number of rotatable bonds is 5. The standard InChI is InChI=1S/C13H18N2O3/c1-3-8(2)11(14)12(16)15-10-6-4-5-9(7-10)13(17)18/h4-8,11H,3,14H2,1-2H3,(H,15,16)(H,17,18). The van der Waals surface area contributed by atoms with Crippen molar-refractivity contribution >= 4 is 17.6 Å². The summed E-state index contributed by atoms with van der Waals surface area (Å²) in [6.45, 7) is 3.86. The van der Waals surface area contributed by atoms with Gasteiger partial charge in [-0.1, -0.05) is 26.3 Å². The van der Waals surface area contributed by atoms with Crippen LogP contribution in [0, 0.1) is 5.92 Å². The van der Waals surface area contributed by atoms with Crippen molar-refractivity contribution in [1.29, 1.82) is 0 Å². The molecule has 0 bridgehead atoms. The van der Waals surface area contributed by atoms with Gasteiger partial charge in [-0.3, -0.25) is 4.79 Å². The topological polar surface area (TPSA) is 92.4 Å². The van der Waals surface area contributed by atoms with Crippen LogP contribution in [0.5, 0.6) is 0 Å². The molecule has 1 amide bonds. The minimum atomic E-state index is -1.03. The zero-order valence-corrected chi connectivity index (χ0v) is 10.5. The zero-order valence-electron chi connectivity index (χ0n) is 10.5. The fourth-order valence-corrected chi connectivity index (χ4v) is 1.47. The van der Waals surface area contributed by atoms with Crippen molar-refractivity contribution in [2.75, 3.05) is 5.32 Å². The van der Waals surface area contributed by atoms with E-state index in [1.54, 1.807) is 12.1 Å². The Balaban J connectivity index is 2.76. The van der Waals surface area contributed by atoms with Crippen molar-refractivity contribution in [1.82, 2.24) is 0 Å². The lowest BCUT2D eigenvalue weighted by Crippen LogP contribution is -2.40. The van der Waals surface area contributed by atoms with E-state index in [1.807, 2.05) is 13.8 Å². The first-order valence-corrected chi connectivity index (χ1v) is 5.85. The number of carboxylic acids is 1. The molecule has 0 heterocycles. The van der Waals surface area contributed by atoms with Crippen molar-refractivity contribution in [3.63, 3.8) is 0 Å². The molecule has 0 fully saturated rings. The summed E-state index contributed by atoms with van der Waals surface area (Å²) in [6, 6.07) is 5.49. The zero-order chi connectivity index (χ0) is 13.7. The van der Waals surface area contributed by atoms with E-state index in [0.717, 1.165) is 6.42 Å². The van der Waals surface area contributed by atoms with Crippen LogP contribution in [0.1, 0.15) is 30.6 Å². The molecule has 0 radical (unpaired) electrons. The van der Waals surface area contributed by atoms with Gasteiger partial charge in [-0.15, -0.1) is 0 Å². The number of carbonyl (C=O) groups is 2. The minimum absolute atomic E-state index is 0.0765. The van der Waals surface area contributed by atoms with Crippen LogP contribution in [0.3, 0.4) is 0 Å². The molecule has 0 saturated carbocycles. The van der Waals surface area contributed by atoms with E-state index in [-0.39, 0.29) is 17.4 Å². The van der Waals surface area contributed by atoms with Crippen LogP contribution in [-0.4, -0.2) is 23.0 Å². The summed E-state index contributed by atoms with van der Waals surface area (Å²) in [6.07, 6.45) is 0.809. The molecule has 4 N–H and O–H groups in total. The maximum Gasteiger partial charge on any atom is 0.335 e. The molecule has 0 aromatic heterocycles. The number of amides is 1. The van der Waals surface area contributed by atoms with Gasteiger partial charge >= 0.3 is 5.97 Å². The van der Waals surface area contributed by atoms with Crippen molar-refractivity contribution in [2.45, 2.75) is 26.3 Å². The predicted octanol–water partition coefficient (Wildman–Crippen LogP) is 1.70. The second-order valence-corrected chi connectivity index (χ2v) is 4.29. The third-order valence-corrected chi connectivity index (χ3v) is 2.94. The minimum Gasteiger partial charge on any atom is -0.478 e. The molecule has 2 unspecified atom stereocenters. The second-order valence-electron chi connectivity index (χ2n) is 4.29. The van der Waals surface area contributed by atoms with Gasteiger partial charge in [0.25, 0.3) is 0 Å². The molecular formula is C13H18N2O3. The highest BCUT2D eigenvalue weighted by Crippen LogP contribution is 2.13. The molecule has 2 atom stereocenters. The molecule has 98 valence electrons. The molecule has 1 aromatic rings. The Kier molecular flexibility index (Phi) is 4.85. The summed E-state index contributed by atoms with van der Waals surface area (Å²) in [5, 5.41) is 11.5. The van der Waals surface area contributed by atoms with E-state index in [9.17, 15) is 9.59 Å². The Labute approximate surface area is 106 Å². The maximum atomic E-state index is 11.8. The smallest absolute Gasteiger partial charge is 0.335 e. The summed E-state index contributed by atoms with van der Waals surface area (Å²) in [5.74, 6) is -1.25. The lowest BCUT2D eigenvalue weighted by Gasteiger charge is -2.17. The number of anilines is 1. The van der Waals surface area contributed by atoms with Gasteiger partial charge < -0.3 is 16.2 Å². The maximum absolute atomic E-state index is 11.8. The number of benzene rings is 1. The van der Waals surface area contributed by atoms with Gasteiger partial charge in [0.05, 0.1) is 11.6 Å². The van der Waals surface area contributed by atoms with Gasteiger partial charge in [-0.05, 0) is 24.1 Å². The molecular weight excluding hydrogens is 232 g/mol. The lowest BCUT2D eigenvalue weighted by molar-refractivity contribution is -0.118. The van der Waals surface area contributed by atoms with Crippen LogP contribution in [0.2, 0.25) is 0 Å². The van der Waals surface area contributed by atoms with E-state index >= 15 is 0 Å². The van der Waals surface area contributed by atoms with Crippen molar-refractivity contribution in [3.8, 4) is 0 Å². The quantitative estimate of drug-likeness (QED) is 0.741. The van der Waals surface area contributed by atoms with Crippen molar-refractivity contribution in [3.05, 3.63) is 29.8 Å². The van der Waals surface area contributed by atoms with E-state index in [4.69, 9.17) is 10.8 Å². The van der Waals surface area contributed by atoms with Crippen LogP contribution in [0.25, 0.3) is 0 Å². The number of hydrogen-bond donors (Lipinski definition) is 3. The molecule has 0 aliphatic heterocycles. The van der Waals surface area contributed by atoms with Crippen LogP contribution in [0.15, 0.2) is 24.3 Å². The van der Waals surface area contributed by atoms with E-state index in [0.29, 0.717) is 5.69 Å². The molecule has 1 aromatic carbocycles. The molecule has 5 heteroatoms. The number of nitrogens with one attached hydrogen (secondary N) is 1. The van der Waals surface area contributed by atoms with E-state index < -0.39 is 12.0 Å². The van der Waals surface area contributed by atoms with Crippen LogP contribution in [0.4, 0.5) is 5.69 Å². The van der Waals surface area contributed by atoms with Crippen LogP contribution in [-0.2, 0) is 4.79 Å². The van der Waals surface area contributed by atoms with Crippen LogP contribution >= 0.6 is 0 Å². The van der Waals surface area contributed by atoms with Gasteiger partial charge in [0.2, 0.25) is 5.91 Å². The largest absolute Gasteiger partial charge is 0.478 e. The van der Waals surface area contributed by atoms with Crippen molar-refractivity contribution in [2.24, 2.45) is 11.7 Å². The van der Waals surface area contributed by atoms with Gasteiger partial charge in [0, 0.05) is 5.69 Å². The fourth-order valence-electron chi connectivity index (χ4n) is 1.47. The summed E-state index contributed by atoms with van der Waals surface area (Å²) in [5.41, 5.74) is 6.36. The first kappa shape index (κ1) is 14.2. The molecule has 0 saturated heterocycles. The predicted molar refractivity (Wildman–Crippen MR) is 69.5 cm³/mol. The first-order valence-electron chi connectivity index (χ1n) is 5.85. The number of aromatic carboxylic acids is 1. The highest BCUT2D eigenvalue weighted by Gasteiger charge is 2.19. The Morgan fingerprint density at radius 3 is 2.67 bits per heavy atom. The molecule has 0 spiro atoms. The number of carboxylic acid groups (broad SMARTS) is 1. The van der Waals surface area contributed by atoms with E-state index in [1.165, 1.54) is 12.1 Å². The van der Waals surface area contributed by atoms with E-state index in [2.05, 4.69) is 5.32 Å². The number of carbonyl (C=O) groups excluding carboxylic acids is 1. The second kappa shape index (κ2) is 6.16. The van der Waals surface area contributed by atoms with Gasteiger partial charge in [-0.2, -0.15) is 0 Å².